The highest BCUT2D eigenvalue weighted by Crippen LogP contribution is 2.27. The van der Waals surface area contributed by atoms with Crippen LogP contribution in [0.15, 0.2) is 18.2 Å². The molecule has 1 aromatic carbocycles. The maximum Gasteiger partial charge on any atom is 0.273 e. The van der Waals surface area contributed by atoms with Crippen LogP contribution in [-0.4, -0.2) is 30.7 Å². The molecule has 0 aromatic heterocycles. The molecule has 1 fully saturated rings. The van der Waals surface area contributed by atoms with Gasteiger partial charge in [-0.1, -0.05) is 6.92 Å². The van der Waals surface area contributed by atoms with Gasteiger partial charge in [0.05, 0.1) is 17.6 Å². The standard InChI is InChI=1S/C12H17N3O3/c1-2-12-8-14(3-4-18-12)10-5-9(13)6-11(7-10)15(16)17/h5-7,12H,2-4,8,13H2,1H3. The molecule has 1 aliphatic rings. The van der Waals surface area contributed by atoms with Crippen molar-refractivity contribution in [2.75, 3.05) is 30.3 Å². The lowest BCUT2D eigenvalue weighted by atomic mass is 10.1. The number of anilines is 2. The van der Waals surface area contributed by atoms with Crippen LogP contribution in [0.25, 0.3) is 0 Å². The predicted octanol–water partition coefficient (Wildman–Crippen LogP) is 1.79. The monoisotopic (exact) mass is 251 g/mol. The van der Waals surface area contributed by atoms with Crippen molar-refractivity contribution >= 4 is 17.1 Å². The Morgan fingerprint density at radius 2 is 2.33 bits per heavy atom. The highest BCUT2D eigenvalue weighted by atomic mass is 16.6. The predicted molar refractivity (Wildman–Crippen MR) is 69.8 cm³/mol. The average Bonchev–Trinajstić information content (AvgIpc) is 2.38. The first-order chi connectivity index (χ1) is 8.60. The molecule has 2 N–H and O–H groups in total. The molecule has 6 nitrogen and oxygen atoms in total. The molecular formula is C12H17N3O3. The van der Waals surface area contributed by atoms with E-state index in [0.29, 0.717) is 12.3 Å². The van der Waals surface area contributed by atoms with E-state index in [9.17, 15) is 10.1 Å². The van der Waals surface area contributed by atoms with Gasteiger partial charge in [0.15, 0.2) is 0 Å². The Labute approximate surface area is 105 Å². The molecule has 1 aromatic rings. The van der Waals surface area contributed by atoms with E-state index in [1.165, 1.54) is 6.07 Å². The molecule has 1 unspecified atom stereocenters. The Morgan fingerprint density at radius 3 is 3.00 bits per heavy atom. The fraction of sp³-hybridized carbons (Fsp3) is 0.500. The van der Waals surface area contributed by atoms with Crippen molar-refractivity contribution in [3.8, 4) is 0 Å². The minimum Gasteiger partial charge on any atom is -0.398 e. The van der Waals surface area contributed by atoms with Gasteiger partial charge in [-0.15, -0.1) is 0 Å². The van der Waals surface area contributed by atoms with Crippen LogP contribution < -0.4 is 10.6 Å². The number of ether oxygens (including phenoxy) is 1. The molecule has 1 aliphatic heterocycles. The topological polar surface area (TPSA) is 81.6 Å². The van der Waals surface area contributed by atoms with Crippen LogP contribution in [0.3, 0.4) is 0 Å². The molecule has 0 saturated carbocycles. The first-order valence-electron chi connectivity index (χ1n) is 6.01. The Kier molecular flexibility index (Phi) is 3.66. The van der Waals surface area contributed by atoms with E-state index in [1.807, 2.05) is 0 Å². The highest BCUT2D eigenvalue weighted by molar-refractivity contribution is 5.62. The van der Waals surface area contributed by atoms with E-state index in [0.717, 1.165) is 25.2 Å². The van der Waals surface area contributed by atoms with Gasteiger partial charge < -0.3 is 15.4 Å². The van der Waals surface area contributed by atoms with Crippen LogP contribution in [0.5, 0.6) is 0 Å². The Hall–Kier alpha value is -1.82. The van der Waals surface area contributed by atoms with Crippen molar-refractivity contribution in [2.45, 2.75) is 19.4 Å². The third kappa shape index (κ3) is 2.70. The number of nitrogens with two attached hydrogens (primary N) is 1. The number of morpholine rings is 1. The number of nitro benzene ring substituents is 1. The molecule has 1 saturated heterocycles. The average molecular weight is 251 g/mol. The number of hydrogen-bond donors (Lipinski definition) is 1. The third-order valence-electron chi connectivity index (χ3n) is 3.09. The second-order valence-corrected chi connectivity index (χ2v) is 4.39. The smallest absolute Gasteiger partial charge is 0.273 e. The fourth-order valence-corrected chi connectivity index (χ4v) is 2.11. The lowest BCUT2D eigenvalue weighted by Gasteiger charge is -2.34. The highest BCUT2D eigenvalue weighted by Gasteiger charge is 2.21. The minimum atomic E-state index is -0.419. The first kappa shape index (κ1) is 12.6. The zero-order valence-electron chi connectivity index (χ0n) is 10.3. The van der Waals surface area contributed by atoms with Gasteiger partial charge in [-0.3, -0.25) is 10.1 Å². The van der Waals surface area contributed by atoms with E-state index < -0.39 is 4.92 Å². The van der Waals surface area contributed by atoms with Gasteiger partial charge in [0, 0.05) is 36.6 Å². The Morgan fingerprint density at radius 1 is 1.56 bits per heavy atom. The zero-order chi connectivity index (χ0) is 13.1. The van der Waals surface area contributed by atoms with Gasteiger partial charge >= 0.3 is 0 Å². The van der Waals surface area contributed by atoms with Crippen LogP contribution in [0.1, 0.15) is 13.3 Å². The van der Waals surface area contributed by atoms with Crippen LogP contribution >= 0.6 is 0 Å². The van der Waals surface area contributed by atoms with Crippen LogP contribution in [0.2, 0.25) is 0 Å². The molecule has 2 rings (SSSR count). The number of nitrogens with zero attached hydrogens (tertiary/aromatic N) is 2. The molecule has 98 valence electrons. The SMILES string of the molecule is CCC1CN(c2cc(N)cc([N+](=O)[O-])c2)CCO1. The van der Waals surface area contributed by atoms with Crippen molar-refractivity contribution in [3.63, 3.8) is 0 Å². The minimum absolute atomic E-state index is 0.0320. The molecular weight excluding hydrogens is 234 g/mol. The van der Waals surface area contributed by atoms with E-state index >= 15 is 0 Å². The Bertz CT molecular complexity index is 450. The molecule has 1 atom stereocenters. The lowest BCUT2D eigenvalue weighted by molar-refractivity contribution is -0.384. The van der Waals surface area contributed by atoms with Crippen molar-refractivity contribution < 1.29 is 9.66 Å². The maximum atomic E-state index is 10.8. The van der Waals surface area contributed by atoms with Gasteiger partial charge in [0.2, 0.25) is 0 Å². The van der Waals surface area contributed by atoms with E-state index in [2.05, 4.69) is 11.8 Å². The largest absolute Gasteiger partial charge is 0.398 e. The summed E-state index contributed by atoms with van der Waals surface area (Å²) in [6, 6.07) is 4.71. The van der Waals surface area contributed by atoms with Gasteiger partial charge in [-0.05, 0) is 12.5 Å². The molecule has 0 radical (unpaired) electrons. The number of nitrogen functional groups attached to an aromatic ring is 1. The molecule has 0 amide bonds. The van der Waals surface area contributed by atoms with Crippen molar-refractivity contribution in [3.05, 3.63) is 28.3 Å². The lowest BCUT2D eigenvalue weighted by Crippen LogP contribution is -2.42. The van der Waals surface area contributed by atoms with Gasteiger partial charge in [0.25, 0.3) is 5.69 Å². The van der Waals surface area contributed by atoms with Crippen LogP contribution in [0.4, 0.5) is 17.1 Å². The van der Waals surface area contributed by atoms with Crippen molar-refractivity contribution in [1.82, 2.24) is 0 Å². The summed E-state index contributed by atoms with van der Waals surface area (Å²) in [4.78, 5) is 12.5. The number of benzene rings is 1. The summed E-state index contributed by atoms with van der Waals surface area (Å²) < 4.78 is 5.58. The summed E-state index contributed by atoms with van der Waals surface area (Å²) in [6.07, 6.45) is 1.11. The summed E-state index contributed by atoms with van der Waals surface area (Å²) in [5.74, 6) is 0. The Balaban J connectivity index is 2.24. The first-order valence-corrected chi connectivity index (χ1v) is 6.01. The normalized spacial score (nSPS) is 19.8. The number of non-ortho nitro benzene ring substituents is 1. The number of nitro groups is 1. The van der Waals surface area contributed by atoms with Crippen molar-refractivity contribution in [1.29, 1.82) is 0 Å². The maximum absolute atomic E-state index is 10.8. The molecule has 1 heterocycles. The van der Waals surface area contributed by atoms with Gasteiger partial charge in [-0.2, -0.15) is 0 Å². The van der Waals surface area contributed by atoms with Gasteiger partial charge in [0.1, 0.15) is 0 Å². The molecule has 0 spiro atoms. The quantitative estimate of drug-likeness (QED) is 0.503. The van der Waals surface area contributed by atoms with E-state index in [4.69, 9.17) is 10.5 Å². The van der Waals surface area contributed by atoms with Gasteiger partial charge in [-0.25, -0.2) is 0 Å². The molecule has 0 bridgehead atoms. The van der Waals surface area contributed by atoms with Crippen LogP contribution in [0, 0.1) is 10.1 Å². The second kappa shape index (κ2) is 5.22. The van der Waals surface area contributed by atoms with Crippen molar-refractivity contribution in [2.24, 2.45) is 0 Å². The summed E-state index contributed by atoms with van der Waals surface area (Å²) in [6.45, 7) is 4.19. The second-order valence-electron chi connectivity index (χ2n) is 4.39. The van der Waals surface area contributed by atoms with E-state index in [1.54, 1.807) is 12.1 Å². The molecule has 6 heteroatoms. The fourth-order valence-electron chi connectivity index (χ4n) is 2.11. The summed E-state index contributed by atoms with van der Waals surface area (Å²) in [5.41, 5.74) is 6.95. The third-order valence-corrected chi connectivity index (χ3v) is 3.09. The molecule has 18 heavy (non-hydrogen) atoms. The number of hydrogen-bond acceptors (Lipinski definition) is 5. The summed E-state index contributed by atoms with van der Waals surface area (Å²) >= 11 is 0. The molecule has 0 aliphatic carbocycles. The summed E-state index contributed by atoms with van der Waals surface area (Å²) in [5, 5.41) is 10.8. The zero-order valence-corrected chi connectivity index (χ0v) is 10.3. The number of rotatable bonds is 3. The van der Waals surface area contributed by atoms with Crippen LogP contribution in [-0.2, 0) is 4.74 Å². The van der Waals surface area contributed by atoms with E-state index in [-0.39, 0.29) is 11.8 Å². The summed E-state index contributed by atoms with van der Waals surface area (Å²) in [7, 11) is 0.